The SMILES string of the molecule is Cc1ccc2c(c1)N(CCCC(=O)N1CCCC1c1nc(C3CCOCC3)no1)C(=O)CO2. The van der Waals surface area contributed by atoms with Crippen LogP contribution in [0.4, 0.5) is 5.69 Å². The Hall–Kier alpha value is -2.94. The molecular weight excluding hydrogens is 424 g/mol. The molecule has 2 fully saturated rings. The van der Waals surface area contributed by atoms with E-state index >= 15 is 0 Å². The zero-order valence-electron chi connectivity index (χ0n) is 19.0. The molecule has 9 nitrogen and oxygen atoms in total. The van der Waals surface area contributed by atoms with Gasteiger partial charge in [0.25, 0.3) is 5.91 Å². The number of fused-ring (bicyclic) bond motifs is 1. The van der Waals surface area contributed by atoms with Gasteiger partial charge in [-0.2, -0.15) is 4.98 Å². The van der Waals surface area contributed by atoms with Gasteiger partial charge in [0.1, 0.15) is 11.8 Å². The topological polar surface area (TPSA) is 98.0 Å². The Morgan fingerprint density at radius 1 is 1.21 bits per heavy atom. The van der Waals surface area contributed by atoms with Gasteiger partial charge in [0.2, 0.25) is 11.8 Å². The van der Waals surface area contributed by atoms with Gasteiger partial charge in [-0.05, 0) is 56.7 Å². The molecule has 5 rings (SSSR count). The largest absolute Gasteiger partial charge is 0.482 e. The monoisotopic (exact) mass is 454 g/mol. The minimum absolute atomic E-state index is 0.0326. The van der Waals surface area contributed by atoms with Gasteiger partial charge in [0.15, 0.2) is 12.4 Å². The molecule has 0 N–H and O–H groups in total. The molecule has 0 bridgehead atoms. The molecule has 4 heterocycles. The first kappa shape index (κ1) is 21.9. The van der Waals surface area contributed by atoms with Crippen LogP contribution in [0.2, 0.25) is 0 Å². The summed E-state index contributed by atoms with van der Waals surface area (Å²) in [5.74, 6) is 2.23. The molecule has 0 radical (unpaired) electrons. The molecule has 33 heavy (non-hydrogen) atoms. The van der Waals surface area contributed by atoms with Crippen LogP contribution in [0.1, 0.15) is 67.8 Å². The quantitative estimate of drug-likeness (QED) is 0.661. The van der Waals surface area contributed by atoms with E-state index in [1.54, 1.807) is 4.90 Å². The summed E-state index contributed by atoms with van der Waals surface area (Å²) in [7, 11) is 0. The van der Waals surface area contributed by atoms with Gasteiger partial charge in [-0.3, -0.25) is 9.59 Å². The van der Waals surface area contributed by atoms with E-state index in [2.05, 4.69) is 10.1 Å². The molecule has 176 valence electrons. The van der Waals surface area contributed by atoms with Crippen molar-refractivity contribution in [1.82, 2.24) is 15.0 Å². The van der Waals surface area contributed by atoms with E-state index in [9.17, 15) is 9.59 Å². The van der Waals surface area contributed by atoms with Crippen LogP contribution in [0.15, 0.2) is 22.7 Å². The third kappa shape index (κ3) is 4.59. The Morgan fingerprint density at radius 2 is 2.06 bits per heavy atom. The molecule has 1 atom stereocenters. The smallest absolute Gasteiger partial charge is 0.265 e. The number of carbonyl (C=O) groups is 2. The van der Waals surface area contributed by atoms with E-state index in [4.69, 9.17) is 14.0 Å². The highest BCUT2D eigenvalue weighted by Gasteiger charge is 2.35. The lowest BCUT2D eigenvalue weighted by atomic mass is 10.00. The van der Waals surface area contributed by atoms with Crippen molar-refractivity contribution < 1.29 is 23.6 Å². The van der Waals surface area contributed by atoms with Gasteiger partial charge in [-0.15, -0.1) is 0 Å². The van der Waals surface area contributed by atoms with Gasteiger partial charge in [0.05, 0.1) is 5.69 Å². The third-order valence-corrected chi connectivity index (χ3v) is 6.73. The summed E-state index contributed by atoms with van der Waals surface area (Å²) in [6, 6.07) is 5.65. The average molecular weight is 455 g/mol. The predicted molar refractivity (Wildman–Crippen MR) is 119 cm³/mol. The van der Waals surface area contributed by atoms with Crippen molar-refractivity contribution in [2.45, 2.75) is 57.4 Å². The summed E-state index contributed by atoms with van der Waals surface area (Å²) in [4.78, 5) is 33.7. The Morgan fingerprint density at radius 3 is 2.91 bits per heavy atom. The fourth-order valence-corrected chi connectivity index (χ4v) is 4.92. The molecular formula is C24H30N4O5. The predicted octanol–water partition coefficient (Wildman–Crippen LogP) is 3.14. The van der Waals surface area contributed by atoms with Crippen LogP contribution in [-0.2, 0) is 14.3 Å². The van der Waals surface area contributed by atoms with E-state index < -0.39 is 0 Å². The third-order valence-electron chi connectivity index (χ3n) is 6.73. The fraction of sp³-hybridized carbons (Fsp3) is 0.583. The van der Waals surface area contributed by atoms with Crippen molar-refractivity contribution in [3.05, 3.63) is 35.5 Å². The van der Waals surface area contributed by atoms with Crippen LogP contribution in [0, 0.1) is 6.92 Å². The number of hydrogen-bond acceptors (Lipinski definition) is 7. The molecule has 2 amide bonds. The second-order valence-corrected chi connectivity index (χ2v) is 9.03. The van der Waals surface area contributed by atoms with E-state index in [1.807, 2.05) is 30.0 Å². The van der Waals surface area contributed by atoms with Crippen molar-refractivity contribution in [1.29, 1.82) is 0 Å². The standard InChI is InChI=1S/C24H30N4O5/c1-16-6-7-20-19(14-16)28(22(30)15-32-20)11-3-5-21(29)27-10-2-4-18(27)24-25-23(26-33-24)17-8-12-31-13-9-17/h6-7,14,17-18H,2-5,8-13,15H2,1H3. The summed E-state index contributed by atoms with van der Waals surface area (Å²) in [5, 5.41) is 4.20. The molecule has 3 aliphatic rings. The van der Waals surface area contributed by atoms with Crippen molar-refractivity contribution >= 4 is 17.5 Å². The summed E-state index contributed by atoms with van der Waals surface area (Å²) in [6.45, 7) is 4.63. The molecule has 1 aromatic heterocycles. The minimum Gasteiger partial charge on any atom is -0.482 e. The van der Waals surface area contributed by atoms with Crippen LogP contribution in [0.3, 0.4) is 0 Å². The minimum atomic E-state index is -0.160. The zero-order chi connectivity index (χ0) is 22.8. The van der Waals surface area contributed by atoms with Gasteiger partial charge in [0, 0.05) is 38.6 Å². The number of hydrogen-bond donors (Lipinski definition) is 0. The Balaban J connectivity index is 1.19. The lowest BCUT2D eigenvalue weighted by molar-refractivity contribution is -0.132. The molecule has 1 aromatic carbocycles. The van der Waals surface area contributed by atoms with E-state index in [0.717, 1.165) is 56.0 Å². The second-order valence-electron chi connectivity index (χ2n) is 9.03. The molecule has 2 aromatic rings. The average Bonchev–Trinajstić information content (AvgIpc) is 3.51. The second kappa shape index (κ2) is 9.51. The molecule has 0 spiro atoms. The first-order valence-electron chi connectivity index (χ1n) is 11.8. The molecule has 2 saturated heterocycles. The van der Waals surface area contributed by atoms with Gasteiger partial charge >= 0.3 is 0 Å². The molecule has 3 aliphatic heterocycles. The van der Waals surface area contributed by atoms with Gasteiger partial charge in [-0.25, -0.2) is 0 Å². The van der Waals surface area contributed by atoms with E-state index in [1.165, 1.54) is 0 Å². The van der Waals surface area contributed by atoms with Gasteiger partial charge in [-0.1, -0.05) is 11.2 Å². The molecule has 9 heteroatoms. The number of rotatable bonds is 6. The zero-order valence-corrected chi connectivity index (χ0v) is 19.0. The van der Waals surface area contributed by atoms with Crippen molar-refractivity contribution in [3.8, 4) is 5.75 Å². The molecule has 0 aliphatic carbocycles. The highest BCUT2D eigenvalue weighted by molar-refractivity contribution is 5.98. The van der Waals surface area contributed by atoms with Crippen molar-refractivity contribution in [2.75, 3.05) is 37.8 Å². The number of anilines is 1. The van der Waals surface area contributed by atoms with Crippen molar-refractivity contribution in [2.24, 2.45) is 0 Å². The maximum Gasteiger partial charge on any atom is 0.265 e. The number of carbonyl (C=O) groups excluding carboxylic acids is 2. The number of nitrogens with zero attached hydrogens (tertiary/aromatic N) is 4. The van der Waals surface area contributed by atoms with Crippen LogP contribution < -0.4 is 9.64 Å². The number of benzene rings is 1. The van der Waals surface area contributed by atoms with Gasteiger partial charge < -0.3 is 23.8 Å². The molecule has 1 unspecified atom stereocenters. The Kier molecular flexibility index (Phi) is 6.30. The van der Waals surface area contributed by atoms with Crippen LogP contribution in [0.5, 0.6) is 5.75 Å². The number of ether oxygens (including phenoxy) is 2. The normalized spacial score (nSPS) is 21.2. The van der Waals surface area contributed by atoms with E-state index in [-0.39, 0.29) is 30.4 Å². The number of amides is 2. The first-order chi connectivity index (χ1) is 16.1. The summed E-state index contributed by atoms with van der Waals surface area (Å²) >= 11 is 0. The molecule has 0 saturated carbocycles. The number of likely N-dealkylation sites (tertiary alicyclic amines) is 1. The Bertz CT molecular complexity index is 1020. The maximum atomic E-state index is 13.1. The summed E-state index contributed by atoms with van der Waals surface area (Å²) in [6.07, 6.45) is 4.49. The van der Waals surface area contributed by atoms with E-state index in [0.29, 0.717) is 37.6 Å². The lowest BCUT2D eigenvalue weighted by Crippen LogP contribution is -2.40. The van der Waals surface area contributed by atoms with Crippen LogP contribution in [-0.4, -0.2) is 59.8 Å². The Labute approximate surface area is 193 Å². The van der Waals surface area contributed by atoms with Crippen molar-refractivity contribution in [3.63, 3.8) is 0 Å². The highest BCUT2D eigenvalue weighted by Crippen LogP contribution is 2.35. The highest BCUT2D eigenvalue weighted by atomic mass is 16.5. The first-order valence-corrected chi connectivity index (χ1v) is 11.8. The van der Waals surface area contributed by atoms with Crippen LogP contribution >= 0.6 is 0 Å². The lowest BCUT2D eigenvalue weighted by Gasteiger charge is -2.30. The fourth-order valence-electron chi connectivity index (χ4n) is 4.92. The summed E-state index contributed by atoms with van der Waals surface area (Å²) in [5.41, 5.74) is 1.84. The number of aromatic nitrogens is 2. The summed E-state index contributed by atoms with van der Waals surface area (Å²) < 4.78 is 16.5. The van der Waals surface area contributed by atoms with Crippen LogP contribution in [0.25, 0.3) is 0 Å². The number of aryl methyl sites for hydroxylation is 1. The maximum absolute atomic E-state index is 13.1.